The highest BCUT2D eigenvalue weighted by Crippen LogP contribution is 2.28. The minimum absolute atomic E-state index is 0.0116. The molecule has 2 amide bonds. The number of halogens is 2. The van der Waals surface area contributed by atoms with Gasteiger partial charge in [0.1, 0.15) is 18.3 Å². The molecule has 3 rings (SSSR count). The first-order valence-corrected chi connectivity index (χ1v) is 17.3. The Labute approximate surface area is 268 Å². The van der Waals surface area contributed by atoms with Crippen LogP contribution in [0, 0.1) is 0 Å². The van der Waals surface area contributed by atoms with Crippen molar-refractivity contribution in [1.82, 2.24) is 10.2 Å². The van der Waals surface area contributed by atoms with Gasteiger partial charge in [-0.25, -0.2) is 8.42 Å². The summed E-state index contributed by atoms with van der Waals surface area (Å²) in [6.45, 7) is 5.86. The number of amides is 2. The molecule has 0 spiro atoms. The first-order valence-electron chi connectivity index (χ1n) is 13.9. The van der Waals surface area contributed by atoms with Crippen LogP contribution in [0.5, 0.6) is 5.75 Å². The second-order valence-electron chi connectivity index (χ2n) is 9.70. The van der Waals surface area contributed by atoms with Crippen LogP contribution in [0.4, 0.5) is 5.69 Å². The van der Waals surface area contributed by atoms with Crippen molar-refractivity contribution in [3.05, 3.63) is 82.3 Å². The highest BCUT2D eigenvalue weighted by Gasteiger charge is 2.32. The highest BCUT2D eigenvalue weighted by atomic mass is 35.5. The molecule has 0 fully saturated rings. The van der Waals surface area contributed by atoms with Gasteiger partial charge in [-0.1, -0.05) is 42.6 Å². The number of carbonyl (C=O) groups excluding carboxylic acids is 2. The number of ether oxygens (including phenoxy) is 1. The van der Waals surface area contributed by atoms with Gasteiger partial charge in [0, 0.05) is 18.0 Å². The van der Waals surface area contributed by atoms with Crippen LogP contribution in [-0.2, 0) is 26.2 Å². The quantitative estimate of drug-likeness (QED) is 0.144. The maximum absolute atomic E-state index is 14.1. The van der Waals surface area contributed by atoms with E-state index in [1.807, 2.05) is 20.1 Å². The van der Waals surface area contributed by atoms with Crippen LogP contribution in [0.1, 0.15) is 39.2 Å². The monoisotopic (exact) mass is 665 g/mol. The number of hydrogen-bond acceptors (Lipinski definition) is 6. The molecule has 0 bridgehead atoms. The van der Waals surface area contributed by atoms with Crippen LogP contribution in [0.25, 0.3) is 0 Å². The van der Waals surface area contributed by atoms with Crippen molar-refractivity contribution in [2.45, 2.75) is 56.0 Å². The Kier molecular flexibility index (Phi) is 13.1. The zero-order valence-corrected chi connectivity index (χ0v) is 27.8. The molecule has 0 saturated heterocycles. The number of hydrogen-bond donors (Lipinski definition) is 1. The summed E-state index contributed by atoms with van der Waals surface area (Å²) in [5.41, 5.74) is 0.916. The summed E-state index contributed by atoms with van der Waals surface area (Å²) < 4.78 is 34.6. The zero-order valence-electron chi connectivity index (χ0n) is 24.7. The maximum Gasteiger partial charge on any atom is 0.264 e. The van der Waals surface area contributed by atoms with E-state index in [4.69, 9.17) is 27.9 Å². The third-order valence-electron chi connectivity index (χ3n) is 6.70. The maximum atomic E-state index is 14.1. The van der Waals surface area contributed by atoms with Crippen LogP contribution in [0.2, 0.25) is 10.0 Å². The van der Waals surface area contributed by atoms with E-state index in [2.05, 4.69) is 5.32 Å². The van der Waals surface area contributed by atoms with Gasteiger partial charge in [0.05, 0.1) is 27.2 Å². The van der Waals surface area contributed by atoms with Gasteiger partial charge in [0.2, 0.25) is 11.8 Å². The fourth-order valence-corrected chi connectivity index (χ4v) is 6.38. The summed E-state index contributed by atoms with van der Waals surface area (Å²) in [7, 11) is -4.18. The SMILES string of the molecule is CCCCNC(=O)[C@@H](C)N(Cc1ccc(Cl)c(Cl)c1)C(=O)CN(c1ccc(OCC)cc1)S(=O)(=O)c1ccc(SC)cc1. The summed E-state index contributed by atoms with van der Waals surface area (Å²) in [4.78, 5) is 29.5. The van der Waals surface area contributed by atoms with E-state index >= 15 is 0 Å². The minimum atomic E-state index is -4.18. The molecule has 0 unspecified atom stereocenters. The van der Waals surface area contributed by atoms with Crippen LogP contribution >= 0.6 is 35.0 Å². The predicted octanol–water partition coefficient (Wildman–Crippen LogP) is 6.64. The number of benzene rings is 3. The van der Waals surface area contributed by atoms with E-state index in [0.29, 0.717) is 34.5 Å². The average Bonchev–Trinajstić information content (AvgIpc) is 3.00. The molecule has 0 aliphatic rings. The van der Waals surface area contributed by atoms with E-state index < -0.39 is 28.5 Å². The third kappa shape index (κ3) is 9.28. The van der Waals surface area contributed by atoms with E-state index in [0.717, 1.165) is 22.0 Å². The molecule has 1 atom stereocenters. The Bertz CT molecular complexity index is 1490. The molecule has 0 aliphatic carbocycles. The summed E-state index contributed by atoms with van der Waals surface area (Å²) in [6, 6.07) is 17.0. The molecule has 3 aromatic carbocycles. The lowest BCUT2D eigenvalue weighted by Crippen LogP contribution is -2.51. The lowest BCUT2D eigenvalue weighted by Gasteiger charge is -2.32. The van der Waals surface area contributed by atoms with E-state index in [1.54, 1.807) is 61.5 Å². The average molecular weight is 667 g/mol. The van der Waals surface area contributed by atoms with Crippen LogP contribution in [0.3, 0.4) is 0 Å². The number of rotatable bonds is 15. The minimum Gasteiger partial charge on any atom is -0.494 e. The van der Waals surface area contributed by atoms with Crippen molar-refractivity contribution >= 4 is 62.5 Å². The van der Waals surface area contributed by atoms with Crippen molar-refractivity contribution in [3.8, 4) is 5.75 Å². The molecule has 0 saturated carbocycles. The van der Waals surface area contributed by atoms with Gasteiger partial charge in [-0.15, -0.1) is 11.8 Å². The van der Waals surface area contributed by atoms with E-state index in [1.165, 1.54) is 28.8 Å². The number of nitrogens with zero attached hydrogens (tertiary/aromatic N) is 2. The fourth-order valence-electron chi connectivity index (χ4n) is 4.23. The summed E-state index contributed by atoms with van der Waals surface area (Å²) in [6.07, 6.45) is 3.59. The molecular weight excluding hydrogens is 629 g/mol. The second-order valence-corrected chi connectivity index (χ2v) is 13.3. The molecule has 0 aliphatic heterocycles. The van der Waals surface area contributed by atoms with E-state index in [-0.39, 0.29) is 23.0 Å². The van der Waals surface area contributed by atoms with Crippen molar-refractivity contribution in [1.29, 1.82) is 0 Å². The molecular formula is C31H37Cl2N3O5S2. The van der Waals surface area contributed by atoms with Gasteiger partial charge in [0.25, 0.3) is 10.0 Å². The first kappa shape index (κ1) is 34.6. The predicted molar refractivity (Wildman–Crippen MR) is 175 cm³/mol. The molecule has 0 radical (unpaired) electrons. The van der Waals surface area contributed by atoms with Crippen LogP contribution in [0.15, 0.2) is 76.5 Å². The lowest BCUT2D eigenvalue weighted by molar-refractivity contribution is -0.139. The summed E-state index contributed by atoms with van der Waals surface area (Å²) >= 11 is 13.8. The van der Waals surface area contributed by atoms with Gasteiger partial charge in [-0.05, 0) is 92.8 Å². The van der Waals surface area contributed by atoms with Crippen molar-refractivity contribution in [2.75, 3.05) is 30.3 Å². The third-order valence-corrected chi connectivity index (χ3v) is 9.97. The van der Waals surface area contributed by atoms with Gasteiger partial charge in [-0.2, -0.15) is 0 Å². The molecule has 3 aromatic rings. The van der Waals surface area contributed by atoms with Gasteiger partial charge >= 0.3 is 0 Å². The van der Waals surface area contributed by atoms with Gasteiger partial charge in [-0.3, -0.25) is 13.9 Å². The van der Waals surface area contributed by atoms with Crippen LogP contribution in [-0.4, -0.2) is 57.1 Å². The molecule has 0 heterocycles. The van der Waals surface area contributed by atoms with E-state index in [9.17, 15) is 18.0 Å². The lowest BCUT2D eigenvalue weighted by atomic mass is 10.1. The Hall–Kier alpha value is -2.92. The number of thioether (sulfide) groups is 1. The zero-order chi connectivity index (χ0) is 31.6. The molecule has 43 heavy (non-hydrogen) atoms. The summed E-state index contributed by atoms with van der Waals surface area (Å²) in [5.74, 6) is -0.342. The van der Waals surface area contributed by atoms with Gasteiger partial charge < -0.3 is 15.0 Å². The number of nitrogens with one attached hydrogen (secondary N) is 1. The molecule has 8 nitrogen and oxygen atoms in total. The Morgan fingerprint density at radius 1 is 0.977 bits per heavy atom. The number of unbranched alkanes of at least 4 members (excludes halogenated alkanes) is 1. The topological polar surface area (TPSA) is 96.0 Å². The fraction of sp³-hybridized carbons (Fsp3) is 0.355. The Morgan fingerprint density at radius 2 is 1.65 bits per heavy atom. The Morgan fingerprint density at radius 3 is 2.23 bits per heavy atom. The van der Waals surface area contributed by atoms with Crippen molar-refractivity contribution in [2.24, 2.45) is 0 Å². The Balaban J connectivity index is 2.02. The molecule has 1 N–H and O–H groups in total. The smallest absolute Gasteiger partial charge is 0.264 e. The first-order chi connectivity index (χ1) is 20.5. The molecule has 232 valence electrons. The normalized spacial score (nSPS) is 12.0. The number of anilines is 1. The van der Waals surface area contributed by atoms with Crippen molar-refractivity contribution in [3.63, 3.8) is 0 Å². The second kappa shape index (κ2) is 16.2. The highest BCUT2D eigenvalue weighted by molar-refractivity contribution is 7.98. The van der Waals surface area contributed by atoms with Crippen LogP contribution < -0.4 is 14.4 Å². The van der Waals surface area contributed by atoms with Gasteiger partial charge in [0.15, 0.2) is 0 Å². The number of carbonyl (C=O) groups is 2. The van der Waals surface area contributed by atoms with Crippen molar-refractivity contribution < 1.29 is 22.7 Å². The standard InChI is InChI=1S/C31H37Cl2N3O5S2/c1-5-7-18-34-31(38)22(3)35(20-23-8-17-28(32)29(33)19-23)30(37)21-36(24-9-11-25(12-10-24)41-6-2)43(39,40)27-15-13-26(42-4)14-16-27/h8-17,19,22H,5-7,18,20-21H2,1-4H3,(H,34,38)/t22-/m1/s1. The largest absolute Gasteiger partial charge is 0.494 e. The number of sulfonamides is 1. The molecule has 0 aromatic heterocycles. The molecule has 12 heteroatoms. The summed E-state index contributed by atoms with van der Waals surface area (Å²) in [5, 5.41) is 3.53.